The molecule has 67 heavy (non-hydrogen) atoms. The van der Waals surface area contributed by atoms with Crippen LogP contribution in [0.25, 0.3) is 39.0 Å². The number of hydrogen-bond donors (Lipinski definition) is 4. The van der Waals surface area contributed by atoms with Gasteiger partial charge in [0.1, 0.15) is 29.2 Å². The van der Waals surface area contributed by atoms with E-state index >= 15 is 4.39 Å². The molecule has 2 unspecified atom stereocenters. The first-order valence-electron chi connectivity index (χ1n) is 24.0. The number of carbonyl (C=O) groups is 2. The van der Waals surface area contributed by atoms with Gasteiger partial charge in [-0.05, 0) is 118 Å². The Morgan fingerprint density at radius 3 is 2.57 bits per heavy atom. The molecule has 14 heteroatoms. The predicted molar refractivity (Wildman–Crippen MR) is 262 cm³/mol. The number of phenolic OH excluding ortho intramolecular Hbond substituents is 1. The highest BCUT2D eigenvalue weighted by molar-refractivity contribution is 5.93. The van der Waals surface area contributed by atoms with E-state index in [4.69, 9.17) is 19.5 Å². The molecule has 0 bridgehead atoms. The van der Waals surface area contributed by atoms with Crippen molar-refractivity contribution in [1.29, 1.82) is 0 Å². The summed E-state index contributed by atoms with van der Waals surface area (Å²) in [6, 6.07) is 18.3. The summed E-state index contributed by atoms with van der Waals surface area (Å²) >= 11 is 0. The molecule has 3 aliphatic rings. The monoisotopic (exact) mass is 915 g/mol. The van der Waals surface area contributed by atoms with Crippen molar-refractivity contribution in [2.24, 2.45) is 22.7 Å². The van der Waals surface area contributed by atoms with Gasteiger partial charge in [0.2, 0.25) is 12.1 Å². The summed E-state index contributed by atoms with van der Waals surface area (Å²) in [6.45, 7) is 17.5. The number of amides is 2. The number of ether oxygens (including phenoxy) is 2. The van der Waals surface area contributed by atoms with E-state index in [0.29, 0.717) is 70.6 Å². The Morgan fingerprint density at radius 1 is 1.06 bits per heavy atom. The molecule has 4 N–H and O–H groups in total. The largest absolute Gasteiger partial charge is 0.508 e. The number of aromatic amines is 1. The van der Waals surface area contributed by atoms with Gasteiger partial charge in [-0.3, -0.25) is 14.7 Å². The molecule has 5 aromatic rings. The fraction of sp³-hybridized carbons (Fsp3) is 0.472. The van der Waals surface area contributed by atoms with Crippen LogP contribution in [0.1, 0.15) is 110 Å². The highest BCUT2D eigenvalue weighted by Crippen LogP contribution is 2.48. The fourth-order valence-electron chi connectivity index (χ4n) is 10.3. The van der Waals surface area contributed by atoms with E-state index in [1.807, 2.05) is 42.8 Å². The molecule has 2 amide bonds. The number of methoxy groups -OCH3 is 1. The van der Waals surface area contributed by atoms with Crippen molar-refractivity contribution < 1.29 is 28.6 Å². The Bertz CT molecular complexity index is 2670. The average Bonchev–Trinajstić information content (AvgIpc) is 4.15. The molecule has 3 aliphatic heterocycles. The number of nitrogens with zero attached hydrogens (tertiary/aromatic N) is 5. The van der Waals surface area contributed by atoms with E-state index < -0.39 is 24.2 Å². The summed E-state index contributed by atoms with van der Waals surface area (Å²) in [4.78, 5) is 43.5. The number of fused-ring (bicyclic) bond motifs is 5. The standard InChI is InChI=1S/C53H67FN8O5/c1-10-32(6)42(55-8)29-60-20-12-16-43(60)33(7)56-27-39(30(2)3)34-18-19-44-37(22-34)25-46-48-40(54)24-36(26-47(48)67-52(62(44)46)35-14-11-15-38(63)23-35)41-28-57-50(58-41)45-17-13-21-61(45)51(64)49(31(4)5)59-53(65)66-9/h11,14-15,18-19,22-28,30-32,42-43,45,49,52,55,63H,10,12-13,16-17,20-21,29H2,1-9H3,(H,57,58)(H,59,65)/b39-27+,56-33?/t32-,42?,43+,45+,49+,52?/m1/s1. The molecule has 2 saturated heterocycles. The number of aromatic nitrogens is 3. The maximum atomic E-state index is 16.9. The zero-order chi connectivity index (χ0) is 47.7. The Morgan fingerprint density at radius 2 is 1.85 bits per heavy atom. The zero-order valence-corrected chi connectivity index (χ0v) is 40.4. The molecule has 6 atom stereocenters. The van der Waals surface area contributed by atoms with Gasteiger partial charge >= 0.3 is 6.09 Å². The Labute approximate surface area is 393 Å². The Hall–Kier alpha value is -5.99. The predicted octanol–water partition coefficient (Wildman–Crippen LogP) is 10.1. The summed E-state index contributed by atoms with van der Waals surface area (Å²) in [5.74, 6) is 0.942. The van der Waals surface area contributed by atoms with E-state index in [1.165, 1.54) is 13.2 Å². The van der Waals surface area contributed by atoms with Crippen molar-refractivity contribution >= 4 is 34.2 Å². The van der Waals surface area contributed by atoms with Crippen LogP contribution in [0.15, 0.2) is 78.1 Å². The van der Waals surface area contributed by atoms with Gasteiger partial charge in [-0.1, -0.05) is 66.2 Å². The van der Waals surface area contributed by atoms with Crippen LogP contribution >= 0.6 is 0 Å². The van der Waals surface area contributed by atoms with E-state index in [9.17, 15) is 14.7 Å². The number of likely N-dealkylation sites (N-methyl/N-ethyl adjacent to an activating group) is 1. The van der Waals surface area contributed by atoms with Crippen LogP contribution in [-0.2, 0) is 9.53 Å². The molecule has 0 spiro atoms. The second-order valence-electron chi connectivity index (χ2n) is 19.2. The second-order valence-corrected chi connectivity index (χ2v) is 19.2. The summed E-state index contributed by atoms with van der Waals surface area (Å²) in [6.07, 6.45) is 7.15. The minimum Gasteiger partial charge on any atom is -0.508 e. The molecule has 8 rings (SSSR count). The van der Waals surface area contributed by atoms with Gasteiger partial charge in [0.25, 0.3) is 0 Å². The average molecular weight is 915 g/mol. The number of aromatic hydroxyl groups is 1. The molecule has 3 aromatic carbocycles. The number of benzene rings is 3. The minimum atomic E-state index is -0.766. The van der Waals surface area contributed by atoms with Crippen molar-refractivity contribution in [3.05, 3.63) is 95.8 Å². The highest BCUT2D eigenvalue weighted by Gasteiger charge is 2.38. The summed E-state index contributed by atoms with van der Waals surface area (Å²) < 4.78 is 30.5. The number of aliphatic imine (C=N–C) groups is 1. The highest BCUT2D eigenvalue weighted by atomic mass is 19.1. The summed E-state index contributed by atoms with van der Waals surface area (Å²) in [5, 5.41) is 17.8. The maximum Gasteiger partial charge on any atom is 0.407 e. The fourth-order valence-corrected chi connectivity index (χ4v) is 10.3. The van der Waals surface area contributed by atoms with Gasteiger partial charge in [0, 0.05) is 53.6 Å². The van der Waals surface area contributed by atoms with Gasteiger partial charge in [-0.15, -0.1) is 0 Å². The van der Waals surface area contributed by atoms with Gasteiger partial charge in [-0.25, -0.2) is 14.2 Å². The number of rotatable bonds is 15. The number of likely N-dealkylation sites (tertiary alicyclic amines) is 2. The van der Waals surface area contributed by atoms with Crippen LogP contribution in [-0.4, -0.2) is 99.1 Å². The van der Waals surface area contributed by atoms with Crippen molar-refractivity contribution in [1.82, 2.24) is 35.0 Å². The second kappa shape index (κ2) is 20.1. The number of nitrogens with one attached hydrogen (secondary N) is 3. The number of allylic oxidation sites excluding steroid dienone is 1. The topological polar surface area (TPSA) is 149 Å². The zero-order valence-electron chi connectivity index (χ0n) is 40.4. The molecule has 0 radical (unpaired) electrons. The lowest BCUT2D eigenvalue weighted by Crippen LogP contribution is -2.51. The van der Waals surface area contributed by atoms with Crippen molar-refractivity contribution in [2.45, 2.75) is 111 Å². The molecule has 5 heterocycles. The number of imidazole rings is 1. The maximum absolute atomic E-state index is 16.9. The van der Waals surface area contributed by atoms with Gasteiger partial charge in [0.15, 0.2) is 0 Å². The van der Waals surface area contributed by atoms with E-state index in [1.54, 1.807) is 29.3 Å². The first-order valence-corrected chi connectivity index (χ1v) is 24.0. The number of halogens is 1. The SMILES string of the molecule is CC[C@@H](C)C(CN1CCC[C@H]1C(C)=N/C=C(/c1ccc2c(c1)cc1n2C(c2cccc(O)c2)Oc2cc(-c3cnc([C@@H]4CCCN4C(=O)[C@@H](NC(=O)OC)C(C)C)[nH]3)cc(F)c2-1)C(C)C)NC. The Balaban J connectivity index is 1.12. The lowest BCUT2D eigenvalue weighted by Gasteiger charge is -2.31. The Kier molecular flexibility index (Phi) is 14.2. The number of phenols is 1. The number of hydrogen-bond acceptors (Lipinski definition) is 9. The van der Waals surface area contributed by atoms with E-state index in [2.05, 4.69) is 80.4 Å². The van der Waals surface area contributed by atoms with Crippen LogP contribution < -0.4 is 15.4 Å². The van der Waals surface area contributed by atoms with Crippen LogP contribution in [0.4, 0.5) is 9.18 Å². The van der Waals surface area contributed by atoms with Gasteiger partial charge in [0.05, 0.1) is 41.8 Å². The molecule has 0 saturated carbocycles. The third-order valence-corrected chi connectivity index (χ3v) is 14.3. The van der Waals surface area contributed by atoms with E-state index in [-0.39, 0.29) is 29.5 Å². The van der Waals surface area contributed by atoms with Gasteiger partial charge in [-0.2, -0.15) is 0 Å². The van der Waals surface area contributed by atoms with E-state index in [0.717, 1.165) is 66.5 Å². The normalized spacial score (nSPS) is 20.2. The van der Waals surface area contributed by atoms with Gasteiger partial charge < -0.3 is 39.7 Å². The number of alkyl carbamates (subject to hydrolysis) is 1. The smallest absolute Gasteiger partial charge is 0.407 e. The minimum absolute atomic E-state index is 0.0954. The first kappa shape index (κ1) is 47.5. The van der Waals surface area contributed by atoms with Crippen LogP contribution in [0.2, 0.25) is 0 Å². The quantitative estimate of drug-likeness (QED) is 0.0759. The number of H-pyrrole nitrogens is 1. The third-order valence-electron chi connectivity index (χ3n) is 14.3. The number of carbonyl (C=O) groups excluding carboxylic acids is 2. The van der Waals surface area contributed by atoms with Crippen molar-refractivity contribution in [3.63, 3.8) is 0 Å². The van der Waals surface area contributed by atoms with Crippen molar-refractivity contribution in [3.8, 4) is 34.0 Å². The first-order chi connectivity index (χ1) is 32.2. The molecular weight excluding hydrogens is 848 g/mol. The molecule has 356 valence electrons. The molecule has 13 nitrogen and oxygen atoms in total. The molecule has 2 fully saturated rings. The lowest BCUT2D eigenvalue weighted by molar-refractivity contribution is -0.135. The van der Waals surface area contributed by atoms with Crippen LogP contribution in [0.5, 0.6) is 11.5 Å². The lowest BCUT2D eigenvalue weighted by atomic mass is 9.95. The molecule has 0 aliphatic carbocycles. The summed E-state index contributed by atoms with van der Waals surface area (Å²) in [5.41, 5.74) is 6.92. The molecule has 2 aromatic heterocycles. The molecular formula is C53H67FN8O5. The summed E-state index contributed by atoms with van der Waals surface area (Å²) in [7, 11) is 3.34. The van der Waals surface area contributed by atoms with Crippen LogP contribution in [0.3, 0.4) is 0 Å². The third kappa shape index (κ3) is 9.60. The van der Waals surface area contributed by atoms with Crippen molar-refractivity contribution in [2.75, 3.05) is 33.8 Å². The van der Waals surface area contributed by atoms with Crippen LogP contribution in [0, 0.1) is 23.6 Å².